The van der Waals surface area contributed by atoms with Crippen LogP contribution < -0.4 is 16.4 Å². The maximum Gasteiger partial charge on any atom is 0.150 e. The Bertz CT molecular complexity index is 909. The molecule has 3 heterocycles. The summed E-state index contributed by atoms with van der Waals surface area (Å²) in [4.78, 5) is 18.0. The molecule has 0 radical (unpaired) electrons. The van der Waals surface area contributed by atoms with Crippen LogP contribution in [0.1, 0.15) is 24.5 Å². The average Bonchev–Trinajstić information content (AvgIpc) is 2.74. The van der Waals surface area contributed by atoms with Gasteiger partial charge in [-0.05, 0) is 25.1 Å². The lowest BCUT2D eigenvalue weighted by Gasteiger charge is -2.41. The van der Waals surface area contributed by atoms with Crippen molar-refractivity contribution in [1.29, 1.82) is 5.26 Å². The van der Waals surface area contributed by atoms with Gasteiger partial charge in [-0.3, -0.25) is 4.98 Å². The standard InChI is InChI=1S/C22H28N8/c1-3-18(20(25)4-7-23)13-28-16(2)30-14-19(15-30)21-22(27-9-8-26-21)29-10-5-17(12-24)6-11-29/h3-4,7-9,13,17,19H,1-2,5-6,10-11,14-15,23,25H2/b7-4-,20-18-,28-13?. The average molecular weight is 405 g/mol. The number of likely N-dealkylation sites (tertiary alicyclic amines) is 1. The van der Waals surface area contributed by atoms with Crippen molar-refractivity contribution in [3.05, 3.63) is 66.7 Å². The summed E-state index contributed by atoms with van der Waals surface area (Å²) in [5.41, 5.74) is 13.5. The van der Waals surface area contributed by atoms with E-state index in [1.54, 1.807) is 30.8 Å². The minimum atomic E-state index is 0.144. The molecule has 30 heavy (non-hydrogen) atoms. The van der Waals surface area contributed by atoms with E-state index in [4.69, 9.17) is 16.7 Å². The summed E-state index contributed by atoms with van der Waals surface area (Å²) in [6.45, 7) is 11.0. The summed E-state index contributed by atoms with van der Waals surface area (Å²) >= 11 is 0. The van der Waals surface area contributed by atoms with Crippen LogP contribution in [0.25, 0.3) is 0 Å². The summed E-state index contributed by atoms with van der Waals surface area (Å²) < 4.78 is 0. The zero-order chi connectivity index (χ0) is 21.5. The number of hydrogen-bond acceptors (Lipinski definition) is 8. The van der Waals surface area contributed by atoms with Gasteiger partial charge in [-0.25, -0.2) is 9.98 Å². The maximum absolute atomic E-state index is 9.12. The van der Waals surface area contributed by atoms with Crippen LogP contribution >= 0.6 is 0 Å². The number of rotatable bonds is 7. The van der Waals surface area contributed by atoms with Crippen molar-refractivity contribution in [3.63, 3.8) is 0 Å². The number of aliphatic imine (C=N–C) groups is 1. The predicted molar refractivity (Wildman–Crippen MR) is 119 cm³/mol. The molecular formula is C22H28N8. The molecule has 3 rings (SSSR count). The van der Waals surface area contributed by atoms with Crippen LogP contribution in [0.5, 0.6) is 0 Å². The summed E-state index contributed by atoms with van der Waals surface area (Å²) in [5.74, 6) is 2.01. The van der Waals surface area contributed by atoms with Crippen LogP contribution in [0.15, 0.2) is 66.0 Å². The molecule has 4 N–H and O–H groups in total. The van der Waals surface area contributed by atoms with E-state index in [-0.39, 0.29) is 11.8 Å². The number of aromatic nitrogens is 2. The van der Waals surface area contributed by atoms with E-state index >= 15 is 0 Å². The molecule has 0 unspecified atom stereocenters. The number of nitrogens with two attached hydrogens (primary N) is 2. The van der Waals surface area contributed by atoms with Crippen molar-refractivity contribution in [2.75, 3.05) is 31.1 Å². The van der Waals surface area contributed by atoms with Gasteiger partial charge in [0.05, 0.1) is 11.8 Å². The third-order valence-corrected chi connectivity index (χ3v) is 5.50. The van der Waals surface area contributed by atoms with Crippen molar-refractivity contribution in [2.24, 2.45) is 22.4 Å². The van der Waals surface area contributed by atoms with Gasteiger partial charge in [-0.15, -0.1) is 0 Å². The van der Waals surface area contributed by atoms with Gasteiger partial charge in [0, 0.05) is 67.9 Å². The van der Waals surface area contributed by atoms with E-state index in [9.17, 15) is 0 Å². The molecule has 0 bridgehead atoms. The van der Waals surface area contributed by atoms with E-state index in [2.05, 4.69) is 44.0 Å². The maximum atomic E-state index is 9.12. The molecule has 2 aliphatic heterocycles. The normalized spacial score (nSPS) is 18.9. The lowest BCUT2D eigenvalue weighted by atomic mass is 9.94. The summed E-state index contributed by atoms with van der Waals surface area (Å²) in [7, 11) is 0. The molecule has 0 saturated carbocycles. The SMILES string of the molecule is C=C/C(C=NC(=C)N1CC(c2nccnc2N2CCC(C#N)CC2)C1)=C(N)\C=C/N. The monoisotopic (exact) mass is 404 g/mol. The molecule has 2 saturated heterocycles. The highest BCUT2D eigenvalue weighted by Crippen LogP contribution is 2.34. The Morgan fingerprint density at radius 1 is 1.27 bits per heavy atom. The first-order chi connectivity index (χ1) is 14.6. The van der Waals surface area contributed by atoms with Crippen molar-refractivity contribution in [1.82, 2.24) is 14.9 Å². The lowest BCUT2D eigenvalue weighted by Crippen LogP contribution is -2.45. The van der Waals surface area contributed by atoms with E-state index in [0.717, 1.165) is 50.5 Å². The van der Waals surface area contributed by atoms with Crippen LogP contribution in [0, 0.1) is 17.2 Å². The highest BCUT2D eigenvalue weighted by atomic mass is 15.3. The Morgan fingerprint density at radius 3 is 2.60 bits per heavy atom. The van der Waals surface area contributed by atoms with Gasteiger partial charge in [0.15, 0.2) is 5.82 Å². The fourth-order valence-corrected chi connectivity index (χ4v) is 3.63. The van der Waals surface area contributed by atoms with Gasteiger partial charge < -0.3 is 21.3 Å². The van der Waals surface area contributed by atoms with E-state index < -0.39 is 0 Å². The van der Waals surface area contributed by atoms with E-state index in [1.165, 1.54) is 6.20 Å². The molecule has 8 nitrogen and oxygen atoms in total. The zero-order valence-electron chi connectivity index (χ0n) is 17.1. The molecule has 2 fully saturated rings. The second kappa shape index (κ2) is 9.74. The molecule has 0 aromatic carbocycles. The molecule has 156 valence electrons. The summed E-state index contributed by atoms with van der Waals surface area (Å²) in [5, 5.41) is 9.12. The first kappa shape index (κ1) is 21.1. The van der Waals surface area contributed by atoms with Crippen molar-refractivity contribution < 1.29 is 0 Å². The minimum absolute atomic E-state index is 0.144. The van der Waals surface area contributed by atoms with Gasteiger partial charge in [0.1, 0.15) is 5.82 Å². The number of nitrogens with zero attached hydrogens (tertiary/aromatic N) is 6. The fraction of sp³-hybridized carbons (Fsp3) is 0.364. The Hall–Kier alpha value is -3.60. The molecular weight excluding hydrogens is 376 g/mol. The summed E-state index contributed by atoms with van der Waals surface area (Å²) in [6, 6.07) is 2.37. The molecule has 0 aliphatic carbocycles. The lowest BCUT2D eigenvalue weighted by molar-refractivity contribution is 0.195. The van der Waals surface area contributed by atoms with E-state index in [0.29, 0.717) is 17.1 Å². The largest absolute Gasteiger partial charge is 0.405 e. The topological polar surface area (TPSA) is 120 Å². The smallest absolute Gasteiger partial charge is 0.150 e. The van der Waals surface area contributed by atoms with Gasteiger partial charge in [0.2, 0.25) is 0 Å². The van der Waals surface area contributed by atoms with Crippen LogP contribution in [-0.4, -0.2) is 47.3 Å². The number of allylic oxidation sites excluding steroid dienone is 3. The Kier molecular flexibility index (Phi) is 6.86. The van der Waals surface area contributed by atoms with Crippen LogP contribution in [0.3, 0.4) is 0 Å². The van der Waals surface area contributed by atoms with Crippen molar-refractivity contribution in [2.45, 2.75) is 18.8 Å². The first-order valence-corrected chi connectivity index (χ1v) is 10.0. The second-order valence-corrected chi connectivity index (χ2v) is 7.41. The van der Waals surface area contributed by atoms with Gasteiger partial charge >= 0.3 is 0 Å². The van der Waals surface area contributed by atoms with Crippen LogP contribution in [0.2, 0.25) is 0 Å². The molecule has 1 aromatic rings. The number of anilines is 1. The third-order valence-electron chi connectivity index (χ3n) is 5.50. The Balaban J connectivity index is 1.63. The Labute approximate surface area is 177 Å². The highest BCUT2D eigenvalue weighted by molar-refractivity contribution is 5.84. The molecule has 0 atom stereocenters. The van der Waals surface area contributed by atoms with Crippen LogP contribution in [-0.2, 0) is 0 Å². The third kappa shape index (κ3) is 4.69. The van der Waals surface area contributed by atoms with Crippen LogP contribution in [0.4, 0.5) is 5.82 Å². The summed E-state index contributed by atoms with van der Waals surface area (Å²) in [6.07, 6.45) is 11.5. The van der Waals surface area contributed by atoms with Gasteiger partial charge in [-0.1, -0.05) is 19.2 Å². The van der Waals surface area contributed by atoms with E-state index in [1.807, 2.05) is 0 Å². The van der Waals surface area contributed by atoms with Crippen molar-refractivity contribution >= 4 is 12.0 Å². The molecule has 1 aromatic heterocycles. The van der Waals surface area contributed by atoms with Gasteiger partial charge in [0.25, 0.3) is 0 Å². The van der Waals surface area contributed by atoms with Gasteiger partial charge in [-0.2, -0.15) is 5.26 Å². The molecule has 8 heteroatoms. The fourth-order valence-electron chi connectivity index (χ4n) is 3.63. The Morgan fingerprint density at radius 2 is 1.97 bits per heavy atom. The minimum Gasteiger partial charge on any atom is -0.405 e. The molecule has 0 amide bonds. The van der Waals surface area contributed by atoms with Crippen molar-refractivity contribution in [3.8, 4) is 6.07 Å². The second-order valence-electron chi connectivity index (χ2n) is 7.41. The highest BCUT2D eigenvalue weighted by Gasteiger charge is 2.34. The zero-order valence-corrected chi connectivity index (χ0v) is 17.1. The molecule has 2 aliphatic rings. The molecule has 0 spiro atoms. The number of piperidine rings is 1. The quantitative estimate of drug-likeness (QED) is 0.527. The first-order valence-electron chi connectivity index (χ1n) is 10.0. The number of hydrogen-bond donors (Lipinski definition) is 2. The predicted octanol–water partition coefficient (Wildman–Crippen LogP) is 2.03. The number of nitriles is 1.